The van der Waals surface area contributed by atoms with Crippen molar-refractivity contribution in [1.82, 2.24) is 4.98 Å². The Morgan fingerprint density at radius 3 is 2.50 bits per heavy atom. The average Bonchev–Trinajstić information content (AvgIpc) is 2.83. The van der Waals surface area contributed by atoms with Crippen molar-refractivity contribution in [3.8, 4) is 0 Å². The first-order valence-electron chi connectivity index (χ1n) is 6.50. The Morgan fingerprint density at radius 2 is 1.92 bits per heavy atom. The number of hydrogen-bond acceptors (Lipinski definition) is 6. The van der Waals surface area contributed by atoms with Crippen LogP contribution in [0.5, 0.6) is 0 Å². The average molecular weight is 380 g/mol. The Labute approximate surface area is 139 Å². The number of nitrogens with one attached hydrogen (secondary N) is 1. The van der Waals surface area contributed by atoms with Gasteiger partial charge in [0, 0.05) is 23.2 Å². The molecule has 0 atom stereocenters. The van der Waals surface area contributed by atoms with Crippen molar-refractivity contribution in [2.75, 3.05) is 11.3 Å². The molecule has 1 N–H and O–H groups in total. The van der Waals surface area contributed by atoms with Crippen molar-refractivity contribution in [3.63, 3.8) is 0 Å². The summed E-state index contributed by atoms with van der Waals surface area (Å²) in [6.07, 6.45) is 1.11. The zero-order valence-electron chi connectivity index (χ0n) is 12.2. The maximum atomic E-state index is 13.6. The lowest BCUT2D eigenvalue weighted by Crippen LogP contribution is -2.16. The molecule has 130 valence electrons. The fourth-order valence-electron chi connectivity index (χ4n) is 1.74. The summed E-state index contributed by atoms with van der Waals surface area (Å²) in [4.78, 5) is 14.1. The van der Waals surface area contributed by atoms with E-state index in [1.165, 1.54) is 6.20 Å². The van der Waals surface area contributed by atoms with Crippen LogP contribution in [-0.2, 0) is 26.0 Å². The van der Waals surface area contributed by atoms with Crippen molar-refractivity contribution in [3.05, 3.63) is 40.7 Å². The van der Waals surface area contributed by atoms with E-state index in [2.05, 4.69) is 4.98 Å². The second-order valence-electron chi connectivity index (χ2n) is 4.42. The normalized spacial score (nSPS) is 11.3. The van der Waals surface area contributed by atoms with Gasteiger partial charge in [0.1, 0.15) is 17.5 Å². The van der Waals surface area contributed by atoms with Gasteiger partial charge < -0.3 is 4.74 Å². The molecule has 1 heterocycles. The quantitative estimate of drug-likeness (QED) is 0.778. The van der Waals surface area contributed by atoms with Crippen molar-refractivity contribution >= 4 is 32.5 Å². The minimum atomic E-state index is -4.65. The number of carbonyl (C=O) groups is 1. The summed E-state index contributed by atoms with van der Waals surface area (Å²) in [5.74, 6) is -4.90. The highest BCUT2D eigenvalue weighted by atomic mass is 32.2. The molecule has 0 radical (unpaired) electrons. The SMILES string of the molecule is CCOC(=O)Cc1cnc(NS(=O)(=O)c2c(F)cc(F)cc2F)s1. The Balaban J connectivity index is 2.22. The lowest BCUT2D eigenvalue weighted by Gasteiger charge is -2.07. The van der Waals surface area contributed by atoms with E-state index in [1.54, 1.807) is 6.92 Å². The summed E-state index contributed by atoms with van der Waals surface area (Å²) < 4.78 is 70.8. The number of esters is 1. The van der Waals surface area contributed by atoms with E-state index in [-0.39, 0.29) is 30.3 Å². The van der Waals surface area contributed by atoms with Crippen molar-refractivity contribution in [2.24, 2.45) is 0 Å². The second-order valence-corrected chi connectivity index (χ2v) is 7.15. The zero-order valence-corrected chi connectivity index (χ0v) is 13.8. The zero-order chi connectivity index (χ0) is 17.9. The third-order valence-electron chi connectivity index (χ3n) is 2.63. The number of aromatic nitrogens is 1. The van der Waals surface area contributed by atoms with Crippen LogP contribution in [0.2, 0.25) is 0 Å². The van der Waals surface area contributed by atoms with Crippen LogP contribution in [0.4, 0.5) is 18.3 Å². The predicted octanol–water partition coefficient (Wildman–Crippen LogP) is 2.47. The Kier molecular flexibility index (Phi) is 5.44. The maximum Gasteiger partial charge on any atom is 0.311 e. The molecule has 0 amide bonds. The fraction of sp³-hybridized carbons (Fsp3) is 0.231. The number of thiazole rings is 1. The summed E-state index contributed by atoms with van der Waals surface area (Å²) in [7, 11) is -4.65. The number of hydrogen-bond donors (Lipinski definition) is 1. The highest BCUT2D eigenvalue weighted by molar-refractivity contribution is 7.93. The first kappa shape index (κ1) is 18.2. The van der Waals surface area contributed by atoms with Gasteiger partial charge in [0.2, 0.25) is 0 Å². The van der Waals surface area contributed by atoms with Crippen LogP contribution in [0, 0.1) is 17.5 Å². The molecule has 1 aromatic heterocycles. The van der Waals surface area contributed by atoms with Crippen LogP contribution in [0.25, 0.3) is 0 Å². The smallest absolute Gasteiger partial charge is 0.311 e. The van der Waals surface area contributed by atoms with Crippen LogP contribution in [0.15, 0.2) is 23.2 Å². The third-order valence-corrected chi connectivity index (χ3v) is 5.06. The van der Waals surface area contributed by atoms with Gasteiger partial charge in [0.25, 0.3) is 10.0 Å². The van der Waals surface area contributed by atoms with Crippen LogP contribution in [0.3, 0.4) is 0 Å². The first-order valence-corrected chi connectivity index (χ1v) is 8.80. The van der Waals surface area contributed by atoms with E-state index >= 15 is 0 Å². The summed E-state index contributed by atoms with van der Waals surface area (Å²) in [5.41, 5.74) is 0. The molecule has 11 heteroatoms. The van der Waals surface area contributed by atoms with Crippen molar-refractivity contribution in [1.29, 1.82) is 0 Å². The number of anilines is 1. The van der Waals surface area contributed by atoms with Crippen LogP contribution >= 0.6 is 11.3 Å². The van der Waals surface area contributed by atoms with Crippen LogP contribution in [0.1, 0.15) is 11.8 Å². The molecule has 0 aliphatic heterocycles. The summed E-state index contributed by atoms with van der Waals surface area (Å²) in [6.45, 7) is 1.83. The fourth-order valence-corrected chi connectivity index (χ4v) is 3.90. The number of halogens is 3. The molecule has 6 nitrogen and oxygen atoms in total. The highest BCUT2D eigenvalue weighted by Gasteiger charge is 2.26. The maximum absolute atomic E-state index is 13.6. The molecule has 1 aromatic carbocycles. The largest absolute Gasteiger partial charge is 0.466 e. The number of benzene rings is 1. The second kappa shape index (κ2) is 7.18. The lowest BCUT2D eigenvalue weighted by atomic mass is 10.3. The summed E-state index contributed by atoms with van der Waals surface area (Å²) in [6, 6.07) is 0.511. The van der Waals surface area contributed by atoms with Gasteiger partial charge in [0.15, 0.2) is 10.0 Å². The molecule has 0 saturated heterocycles. The van der Waals surface area contributed by atoms with Crippen molar-refractivity contribution < 1.29 is 31.1 Å². The highest BCUT2D eigenvalue weighted by Crippen LogP contribution is 2.25. The molecule has 0 spiro atoms. The molecule has 2 rings (SSSR count). The van der Waals surface area contributed by atoms with E-state index in [9.17, 15) is 26.4 Å². The topological polar surface area (TPSA) is 85.4 Å². The predicted molar refractivity (Wildman–Crippen MR) is 79.6 cm³/mol. The molecular formula is C13H11F3N2O4S2. The monoisotopic (exact) mass is 380 g/mol. The molecule has 0 unspecified atom stereocenters. The lowest BCUT2D eigenvalue weighted by molar-refractivity contribution is -0.142. The van der Waals surface area contributed by atoms with Gasteiger partial charge in [-0.1, -0.05) is 0 Å². The minimum absolute atomic E-state index is 0.119. The molecule has 0 saturated carbocycles. The third kappa shape index (κ3) is 4.23. The van der Waals surface area contributed by atoms with Gasteiger partial charge in [-0.25, -0.2) is 26.6 Å². The number of rotatable bonds is 6. The van der Waals surface area contributed by atoms with E-state index in [4.69, 9.17) is 4.74 Å². The summed E-state index contributed by atoms with van der Waals surface area (Å²) >= 11 is 0.802. The molecule has 24 heavy (non-hydrogen) atoms. The number of carbonyl (C=O) groups excluding carboxylic acids is 1. The Morgan fingerprint density at radius 1 is 1.29 bits per heavy atom. The summed E-state index contributed by atoms with van der Waals surface area (Å²) in [5, 5.41) is -0.197. The van der Waals surface area contributed by atoms with Crippen LogP contribution < -0.4 is 4.72 Å². The molecule has 0 aliphatic rings. The van der Waals surface area contributed by atoms with E-state index in [0.717, 1.165) is 11.3 Å². The van der Waals surface area contributed by atoms with Crippen molar-refractivity contribution in [2.45, 2.75) is 18.2 Å². The van der Waals surface area contributed by atoms with E-state index < -0.39 is 38.3 Å². The number of ether oxygens (including phenoxy) is 1. The molecule has 0 aliphatic carbocycles. The first-order chi connectivity index (χ1) is 11.2. The Hall–Kier alpha value is -2.14. The Bertz CT molecular complexity index is 845. The van der Waals surface area contributed by atoms with E-state index in [0.29, 0.717) is 4.88 Å². The van der Waals surface area contributed by atoms with Gasteiger partial charge in [-0.3, -0.25) is 9.52 Å². The van der Waals surface area contributed by atoms with Gasteiger partial charge in [-0.2, -0.15) is 0 Å². The molecule has 0 fully saturated rings. The molecule has 2 aromatic rings. The minimum Gasteiger partial charge on any atom is -0.466 e. The standard InChI is InChI=1S/C13H11F3N2O4S2/c1-2-22-11(19)5-8-6-17-13(23-8)18-24(20,21)12-9(15)3-7(14)4-10(12)16/h3-4,6H,2,5H2,1H3,(H,17,18). The van der Waals surface area contributed by atoms with Gasteiger partial charge in [-0.05, 0) is 6.92 Å². The van der Waals surface area contributed by atoms with E-state index in [1.807, 2.05) is 4.72 Å². The van der Waals surface area contributed by atoms with Crippen LogP contribution in [-0.4, -0.2) is 26.0 Å². The van der Waals surface area contributed by atoms with Gasteiger partial charge >= 0.3 is 5.97 Å². The number of sulfonamides is 1. The molecule has 0 bridgehead atoms. The van der Waals surface area contributed by atoms with Gasteiger partial charge in [0.05, 0.1) is 13.0 Å². The van der Waals surface area contributed by atoms with Gasteiger partial charge in [-0.15, -0.1) is 11.3 Å². The number of nitrogens with zero attached hydrogens (tertiary/aromatic N) is 1. The molecular weight excluding hydrogens is 369 g/mol.